The van der Waals surface area contributed by atoms with Gasteiger partial charge in [0.05, 0.1) is 0 Å². The van der Waals surface area contributed by atoms with Crippen LogP contribution in [0.1, 0.15) is 0 Å². The summed E-state index contributed by atoms with van der Waals surface area (Å²) in [7, 11) is 0. The summed E-state index contributed by atoms with van der Waals surface area (Å²) in [5.74, 6) is -43.8. The van der Waals surface area contributed by atoms with Crippen LogP contribution < -0.4 is 0 Å². The van der Waals surface area contributed by atoms with Gasteiger partial charge in [0, 0.05) is 0 Å². The highest BCUT2D eigenvalue weighted by atomic mass is 19.4. The van der Waals surface area contributed by atoms with Gasteiger partial charge in [0.25, 0.3) is 16.9 Å². The molecule has 0 unspecified atom stereocenters. The molecule has 0 N–H and O–H groups in total. The van der Waals surface area contributed by atoms with Crippen LogP contribution in [0.25, 0.3) is 0 Å². The molecule has 0 aromatic heterocycles. The van der Waals surface area contributed by atoms with Crippen LogP contribution >= 0.6 is 0 Å². The number of rotatable bonds is 4. The normalized spacial score (nSPS) is 45.2. The van der Waals surface area contributed by atoms with Crippen LogP contribution in [0.4, 0.5) is 96.7 Å². The molecular formula is C13F22O2. The maximum absolute atomic E-state index is 15.3. The van der Waals surface area contributed by atoms with Crippen molar-refractivity contribution in [2.45, 2.75) is 76.3 Å². The first-order valence-electron chi connectivity index (χ1n) is 8.24. The van der Waals surface area contributed by atoms with E-state index in [1.54, 1.807) is 0 Å². The maximum Gasteiger partial charge on any atom is 0.478 e. The fourth-order valence-electron chi connectivity index (χ4n) is 4.77. The highest BCUT2D eigenvalue weighted by molar-refractivity contribution is 5.56. The Balaban J connectivity index is 2.76. The fourth-order valence-corrected chi connectivity index (χ4v) is 4.77. The van der Waals surface area contributed by atoms with E-state index in [1.165, 1.54) is 4.74 Å². The van der Waals surface area contributed by atoms with Gasteiger partial charge in [-0.3, -0.25) is 4.74 Å². The monoisotopic (exact) mass is 606 g/mol. The zero-order chi connectivity index (χ0) is 29.9. The van der Waals surface area contributed by atoms with E-state index in [4.69, 9.17) is 0 Å². The lowest BCUT2D eigenvalue weighted by atomic mass is 9.37. The van der Waals surface area contributed by atoms with Crippen molar-refractivity contribution in [2.24, 2.45) is 0 Å². The largest absolute Gasteiger partial charge is 0.478 e. The summed E-state index contributed by atoms with van der Waals surface area (Å²) in [6.07, 6.45) is -24.6. The predicted molar refractivity (Wildman–Crippen MR) is 62.0 cm³/mol. The van der Waals surface area contributed by atoms with E-state index < -0.39 is 76.3 Å². The minimum atomic E-state index is -9.01. The van der Waals surface area contributed by atoms with Crippen LogP contribution in [-0.4, -0.2) is 76.3 Å². The number of ether oxygens (including phenoxy) is 1. The molecular weight excluding hydrogens is 606 g/mol. The second-order valence-electron chi connectivity index (χ2n) is 7.90. The lowest BCUT2D eigenvalue weighted by molar-refractivity contribution is -0.639. The van der Waals surface area contributed by atoms with Crippen molar-refractivity contribution in [3.05, 3.63) is 0 Å². The summed E-state index contributed by atoms with van der Waals surface area (Å²) in [6, 6.07) is 0. The zero-order valence-electron chi connectivity index (χ0n) is 15.6. The third-order valence-corrected chi connectivity index (χ3v) is 6.41. The summed E-state index contributed by atoms with van der Waals surface area (Å²) in [6.45, 7) is 0. The van der Waals surface area contributed by atoms with Gasteiger partial charge in [0.2, 0.25) is 0 Å². The fraction of sp³-hybridized carbons (Fsp3) is 1.00. The van der Waals surface area contributed by atoms with E-state index >= 15 is 8.78 Å². The molecule has 0 saturated heterocycles. The first-order valence-corrected chi connectivity index (χ1v) is 8.24. The van der Waals surface area contributed by atoms with Gasteiger partial charge < -0.3 is 0 Å². The average Bonchev–Trinajstić information content (AvgIpc) is 2.70. The molecule has 0 amide bonds. The maximum atomic E-state index is 15.3. The SMILES string of the molecule is FOC(F)(F)C(F)(F)OC1(C(F)(F)F)C2(F)C(F)(F)C3(F)C(F)(F)C(F)(C2(F)F)C(F)(F)C1(F)C3(F)F. The second-order valence-corrected chi connectivity index (χ2v) is 7.90. The van der Waals surface area contributed by atoms with Gasteiger partial charge in [0.15, 0.2) is 0 Å². The van der Waals surface area contributed by atoms with Crippen molar-refractivity contribution in [3.63, 3.8) is 0 Å². The Bertz CT molecular complexity index is 923. The van der Waals surface area contributed by atoms with Crippen molar-refractivity contribution in [3.8, 4) is 0 Å². The van der Waals surface area contributed by atoms with E-state index in [0.717, 1.165) is 4.94 Å². The zero-order valence-corrected chi connectivity index (χ0v) is 15.6. The smallest absolute Gasteiger partial charge is 0.289 e. The molecule has 0 heterocycles. The van der Waals surface area contributed by atoms with E-state index in [-0.39, 0.29) is 0 Å². The van der Waals surface area contributed by atoms with Crippen LogP contribution in [0.3, 0.4) is 0 Å². The van der Waals surface area contributed by atoms with E-state index in [0.29, 0.717) is 0 Å². The molecule has 0 spiro atoms. The minimum Gasteiger partial charge on any atom is -0.289 e. The Labute approximate surface area is 184 Å². The van der Waals surface area contributed by atoms with E-state index in [1.807, 2.05) is 0 Å². The lowest BCUT2D eigenvalue weighted by Crippen LogP contribution is -3.11. The highest BCUT2D eigenvalue weighted by Crippen LogP contribution is 2.90. The van der Waals surface area contributed by atoms with Crippen LogP contribution in [0.15, 0.2) is 0 Å². The van der Waals surface area contributed by atoms with Gasteiger partial charge in [0.1, 0.15) is 0 Å². The van der Waals surface area contributed by atoms with E-state index in [9.17, 15) is 87.9 Å². The summed E-state index contributed by atoms with van der Waals surface area (Å²) in [4.78, 5) is 0.961. The molecule has 4 rings (SSSR count). The Kier molecular flexibility index (Phi) is 5.04. The van der Waals surface area contributed by atoms with Crippen LogP contribution in [0.2, 0.25) is 0 Å². The minimum absolute atomic E-state index is 0.961. The molecule has 0 aromatic rings. The van der Waals surface area contributed by atoms with Crippen LogP contribution in [0, 0.1) is 0 Å². The summed E-state index contributed by atoms with van der Waals surface area (Å²) in [5.41, 5.74) is -44.0. The van der Waals surface area contributed by atoms with Gasteiger partial charge in [-0.1, -0.05) is 0 Å². The van der Waals surface area contributed by atoms with Crippen molar-refractivity contribution in [2.75, 3.05) is 0 Å². The second kappa shape index (κ2) is 6.24. The molecule has 0 aliphatic heterocycles. The molecule has 0 aromatic carbocycles. The summed E-state index contributed by atoms with van der Waals surface area (Å²) >= 11 is 0. The molecule has 0 atom stereocenters. The number of halogens is 22. The number of hydrogen-bond donors (Lipinski definition) is 0. The lowest BCUT2D eigenvalue weighted by Gasteiger charge is -2.76. The van der Waals surface area contributed by atoms with Crippen molar-refractivity contribution in [1.29, 1.82) is 0 Å². The molecule has 4 fully saturated rings. The van der Waals surface area contributed by atoms with Crippen molar-refractivity contribution < 1.29 is 106 Å². The quantitative estimate of drug-likeness (QED) is 0.344. The number of alkyl halides is 21. The molecule has 37 heavy (non-hydrogen) atoms. The third-order valence-electron chi connectivity index (χ3n) is 6.41. The molecule has 4 aliphatic rings. The van der Waals surface area contributed by atoms with Crippen molar-refractivity contribution in [1.82, 2.24) is 0 Å². The summed E-state index contributed by atoms with van der Waals surface area (Å²) in [5, 5.41) is 0. The molecule has 4 bridgehead atoms. The van der Waals surface area contributed by atoms with Gasteiger partial charge in [-0.25, -0.2) is 17.6 Å². The first kappa shape index (κ1) is 29.9. The molecule has 218 valence electrons. The molecule has 2 nitrogen and oxygen atoms in total. The molecule has 4 saturated carbocycles. The number of hydrogen-bond acceptors (Lipinski definition) is 2. The Morgan fingerprint density at radius 3 is 0.838 bits per heavy atom. The van der Waals surface area contributed by atoms with Gasteiger partial charge in [-0.05, 0) is 4.53 Å². The van der Waals surface area contributed by atoms with Crippen LogP contribution in [-0.2, 0) is 9.68 Å². The molecule has 4 aliphatic carbocycles. The van der Waals surface area contributed by atoms with Gasteiger partial charge in [-0.15, -0.1) is 4.94 Å². The van der Waals surface area contributed by atoms with Gasteiger partial charge >= 0.3 is 59.3 Å². The molecule has 0 radical (unpaired) electrons. The Hall–Kier alpha value is -1.62. The standard InChI is InChI=1S/C13F22O2/c14-1-5(11(28,29)30,36-12(31,32)13(33,34)37-35)2(15)8(22,23)3(16,6(1,18)19)10(26,27)4(17,7(1,20)21)9(2,24)25. The van der Waals surface area contributed by atoms with Gasteiger partial charge in [-0.2, -0.15) is 74.6 Å². The van der Waals surface area contributed by atoms with Crippen LogP contribution in [0.5, 0.6) is 0 Å². The van der Waals surface area contributed by atoms with E-state index in [2.05, 4.69) is 0 Å². The highest BCUT2D eigenvalue weighted by Gasteiger charge is 3.25. The average molecular weight is 606 g/mol. The summed E-state index contributed by atoms with van der Waals surface area (Å²) < 4.78 is 311. The third kappa shape index (κ3) is 2.03. The topological polar surface area (TPSA) is 18.5 Å². The first-order chi connectivity index (χ1) is 15.8. The Morgan fingerprint density at radius 1 is 0.378 bits per heavy atom. The molecule has 24 heteroatoms. The predicted octanol–water partition coefficient (Wildman–Crippen LogP) is 6.44. The van der Waals surface area contributed by atoms with Crippen molar-refractivity contribution >= 4 is 0 Å². The Morgan fingerprint density at radius 2 is 0.622 bits per heavy atom.